The molecule has 2 aliphatic rings. The summed E-state index contributed by atoms with van der Waals surface area (Å²) in [6, 6.07) is 5.47. The third kappa shape index (κ3) is 4.91. The zero-order valence-electron chi connectivity index (χ0n) is 16.9. The van der Waals surface area contributed by atoms with Gasteiger partial charge in [-0.3, -0.25) is 9.59 Å². The number of halogens is 3. The van der Waals surface area contributed by atoms with Crippen LogP contribution in [0.25, 0.3) is 11.4 Å². The highest BCUT2D eigenvalue weighted by atomic mass is 19.4. The van der Waals surface area contributed by atoms with E-state index in [9.17, 15) is 22.8 Å². The molecule has 1 aromatic heterocycles. The monoisotopic (exact) mass is 454 g/mol. The van der Waals surface area contributed by atoms with E-state index in [4.69, 9.17) is 9.47 Å². The van der Waals surface area contributed by atoms with E-state index < -0.39 is 12.1 Å². The van der Waals surface area contributed by atoms with Gasteiger partial charge < -0.3 is 24.2 Å². The summed E-state index contributed by atoms with van der Waals surface area (Å²) in [6.45, 7) is 2.40. The molecule has 172 valence electrons. The number of ether oxygens (including phenoxy) is 2. The van der Waals surface area contributed by atoms with Crippen molar-refractivity contribution in [3.05, 3.63) is 35.7 Å². The molecule has 2 aliphatic heterocycles. The van der Waals surface area contributed by atoms with Crippen molar-refractivity contribution in [2.75, 3.05) is 39.5 Å². The van der Waals surface area contributed by atoms with Crippen LogP contribution in [0.4, 0.5) is 13.2 Å². The van der Waals surface area contributed by atoms with Crippen LogP contribution in [0.2, 0.25) is 0 Å². The fourth-order valence-electron chi connectivity index (χ4n) is 3.62. The van der Waals surface area contributed by atoms with E-state index in [0.29, 0.717) is 45.0 Å². The van der Waals surface area contributed by atoms with Crippen molar-refractivity contribution in [1.29, 1.82) is 0 Å². The quantitative estimate of drug-likeness (QED) is 0.734. The number of aromatic nitrogens is 2. The Labute approximate surface area is 180 Å². The molecule has 9 nitrogen and oxygen atoms in total. The lowest BCUT2D eigenvalue weighted by Gasteiger charge is -2.37. The minimum Gasteiger partial charge on any atom is -0.381 e. The van der Waals surface area contributed by atoms with Gasteiger partial charge in [0.05, 0.1) is 31.8 Å². The summed E-state index contributed by atoms with van der Waals surface area (Å²) >= 11 is 0. The lowest BCUT2D eigenvalue weighted by molar-refractivity contribution is -0.159. The van der Waals surface area contributed by atoms with E-state index in [-0.39, 0.29) is 41.7 Å². The third-order valence-corrected chi connectivity index (χ3v) is 5.36. The number of morpholine rings is 1. The van der Waals surface area contributed by atoms with Crippen LogP contribution in [-0.2, 0) is 20.4 Å². The van der Waals surface area contributed by atoms with Crippen LogP contribution in [0.1, 0.15) is 22.7 Å². The predicted molar refractivity (Wildman–Crippen MR) is 102 cm³/mol. The predicted octanol–water partition coefficient (Wildman–Crippen LogP) is 1.75. The first-order valence-corrected chi connectivity index (χ1v) is 10.1. The first kappa shape index (κ1) is 22.2. The Morgan fingerprint density at radius 2 is 1.88 bits per heavy atom. The SMILES string of the molecule is O=C(NCC1COCCN1C(=O)C1CCOC1)c1ccc(-c2noc(C(F)(F)F)n2)cc1. The average molecular weight is 454 g/mol. The topological polar surface area (TPSA) is 107 Å². The maximum Gasteiger partial charge on any atom is 0.471 e. The van der Waals surface area contributed by atoms with E-state index in [1.165, 1.54) is 24.3 Å². The van der Waals surface area contributed by atoms with Gasteiger partial charge in [-0.15, -0.1) is 0 Å². The normalized spacial score (nSPS) is 21.5. The van der Waals surface area contributed by atoms with Crippen molar-refractivity contribution >= 4 is 11.8 Å². The van der Waals surface area contributed by atoms with Crippen molar-refractivity contribution < 1.29 is 36.8 Å². The Hall–Kier alpha value is -2.99. The van der Waals surface area contributed by atoms with Gasteiger partial charge in [0.15, 0.2) is 0 Å². The lowest BCUT2D eigenvalue weighted by atomic mass is 10.1. The second kappa shape index (κ2) is 9.25. The summed E-state index contributed by atoms with van der Waals surface area (Å²) in [5.41, 5.74) is 0.573. The number of nitrogens with zero attached hydrogens (tertiary/aromatic N) is 3. The highest BCUT2D eigenvalue weighted by Gasteiger charge is 2.38. The molecule has 3 heterocycles. The Balaban J connectivity index is 1.36. The first-order valence-electron chi connectivity index (χ1n) is 10.1. The van der Waals surface area contributed by atoms with Crippen LogP contribution in [0.3, 0.4) is 0 Å². The first-order chi connectivity index (χ1) is 15.3. The number of nitrogens with one attached hydrogen (secondary N) is 1. The van der Waals surface area contributed by atoms with E-state index in [1.807, 2.05) is 0 Å². The molecule has 2 saturated heterocycles. The molecule has 0 saturated carbocycles. The average Bonchev–Trinajstić information content (AvgIpc) is 3.50. The molecule has 0 bridgehead atoms. The van der Waals surface area contributed by atoms with Gasteiger partial charge in [-0.25, -0.2) is 0 Å². The summed E-state index contributed by atoms with van der Waals surface area (Å²) in [6.07, 6.45) is -4.04. The molecule has 32 heavy (non-hydrogen) atoms. The summed E-state index contributed by atoms with van der Waals surface area (Å²) in [5, 5.41) is 6.10. The van der Waals surface area contributed by atoms with Crippen molar-refractivity contribution in [1.82, 2.24) is 20.4 Å². The minimum atomic E-state index is -4.73. The Bertz CT molecular complexity index is 957. The molecule has 2 atom stereocenters. The molecule has 2 fully saturated rings. The number of carbonyl (C=O) groups is 2. The fraction of sp³-hybridized carbons (Fsp3) is 0.500. The van der Waals surface area contributed by atoms with E-state index in [2.05, 4.69) is 20.0 Å². The molecule has 1 N–H and O–H groups in total. The Kier molecular flexibility index (Phi) is 6.42. The number of alkyl halides is 3. The minimum absolute atomic E-state index is 0.00717. The molecule has 4 rings (SSSR count). The van der Waals surface area contributed by atoms with Gasteiger partial charge in [0.1, 0.15) is 0 Å². The number of hydrogen-bond acceptors (Lipinski definition) is 7. The highest BCUT2D eigenvalue weighted by molar-refractivity contribution is 5.94. The lowest BCUT2D eigenvalue weighted by Crippen LogP contribution is -2.55. The van der Waals surface area contributed by atoms with Gasteiger partial charge in [0.25, 0.3) is 5.91 Å². The van der Waals surface area contributed by atoms with Crippen molar-refractivity contribution in [3.63, 3.8) is 0 Å². The van der Waals surface area contributed by atoms with Crippen molar-refractivity contribution in [2.24, 2.45) is 5.92 Å². The van der Waals surface area contributed by atoms with Gasteiger partial charge in [-0.05, 0) is 18.6 Å². The Morgan fingerprint density at radius 1 is 1.12 bits per heavy atom. The van der Waals surface area contributed by atoms with E-state index in [0.717, 1.165) is 0 Å². The summed E-state index contributed by atoms with van der Waals surface area (Å²) < 4.78 is 52.8. The van der Waals surface area contributed by atoms with Gasteiger partial charge in [-0.1, -0.05) is 17.3 Å². The number of rotatable bonds is 5. The number of hydrogen-bond donors (Lipinski definition) is 1. The number of amides is 2. The number of carbonyl (C=O) groups excluding carboxylic acids is 2. The molecule has 1 aromatic carbocycles. The molecule has 2 amide bonds. The molecular weight excluding hydrogens is 433 g/mol. The van der Waals surface area contributed by atoms with E-state index >= 15 is 0 Å². The van der Waals surface area contributed by atoms with Crippen LogP contribution in [0.15, 0.2) is 28.8 Å². The zero-order chi connectivity index (χ0) is 22.7. The van der Waals surface area contributed by atoms with Gasteiger partial charge in [-0.2, -0.15) is 18.2 Å². The molecule has 2 aromatic rings. The molecule has 12 heteroatoms. The van der Waals surface area contributed by atoms with Crippen LogP contribution in [0.5, 0.6) is 0 Å². The molecule has 2 unspecified atom stereocenters. The summed E-state index contributed by atoms with van der Waals surface area (Å²) in [5.74, 6) is -2.21. The van der Waals surface area contributed by atoms with Crippen LogP contribution in [0, 0.1) is 5.92 Å². The second-order valence-electron chi connectivity index (χ2n) is 7.53. The van der Waals surface area contributed by atoms with Crippen LogP contribution < -0.4 is 5.32 Å². The Morgan fingerprint density at radius 3 is 2.53 bits per heavy atom. The molecule has 0 aliphatic carbocycles. The van der Waals surface area contributed by atoms with E-state index in [1.54, 1.807) is 4.90 Å². The summed E-state index contributed by atoms with van der Waals surface area (Å²) in [4.78, 5) is 30.3. The van der Waals surface area contributed by atoms with Crippen LogP contribution >= 0.6 is 0 Å². The molecule has 0 radical (unpaired) electrons. The van der Waals surface area contributed by atoms with Gasteiger partial charge in [0, 0.05) is 30.8 Å². The maximum atomic E-state index is 12.7. The maximum absolute atomic E-state index is 12.7. The second-order valence-corrected chi connectivity index (χ2v) is 7.53. The standard InChI is InChI=1S/C20H21F3N4O5/c21-20(22,23)19-25-16(26-32-19)12-1-3-13(4-2-12)17(28)24-9-15-11-31-8-6-27(15)18(29)14-5-7-30-10-14/h1-4,14-15H,5-11H2,(H,24,28). The van der Waals surface area contributed by atoms with Crippen molar-refractivity contribution in [3.8, 4) is 11.4 Å². The van der Waals surface area contributed by atoms with Crippen molar-refractivity contribution in [2.45, 2.75) is 18.6 Å². The molecule has 0 spiro atoms. The molecular formula is C20H21F3N4O5. The summed E-state index contributed by atoms with van der Waals surface area (Å²) in [7, 11) is 0. The smallest absolute Gasteiger partial charge is 0.381 e. The highest BCUT2D eigenvalue weighted by Crippen LogP contribution is 2.29. The number of benzene rings is 1. The third-order valence-electron chi connectivity index (χ3n) is 5.36. The zero-order valence-corrected chi connectivity index (χ0v) is 16.9. The van der Waals surface area contributed by atoms with Gasteiger partial charge >= 0.3 is 12.1 Å². The van der Waals surface area contributed by atoms with Crippen LogP contribution in [-0.4, -0.2) is 72.4 Å². The fourth-order valence-corrected chi connectivity index (χ4v) is 3.62. The van der Waals surface area contributed by atoms with Gasteiger partial charge in [0.2, 0.25) is 11.7 Å². The largest absolute Gasteiger partial charge is 0.471 e.